The second-order valence-electron chi connectivity index (χ2n) is 8.99. The number of hydrogen-bond acceptors (Lipinski definition) is 7. The van der Waals surface area contributed by atoms with Crippen LogP contribution in [0.25, 0.3) is 0 Å². The molecule has 182 valence electrons. The predicted molar refractivity (Wildman–Crippen MR) is 119 cm³/mol. The fourth-order valence-electron chi connectivity index (χ4n) is 3.41. The number of ether oxygens (including phenoxy) is 2. The molecule has 1 saturated carbocycles. The molecule has 3 amide bonds. The van der Waals surface area contributed by atoms with E-state index >= 15 is 0 Å². The summed E-state index contributed by atoms with van der Waals surface area (Å²) in [5, 5.41) is 15.0. The molecule has 1 aromatic rings. The van der Waals surface area contributed by atoms with E-state index in [1.165, 1.54) is 31.1 Å². The van der Waals surface area contributed by atoms with Crippen molar-refractivity contribution >= 4 is 23.9 Å². The van der Waals surface area contributed by atoms with Crippen molar-refractivity contribution in [1.82, 2.24) is 15.5 Å². The van der Waals surface area contributed by atoms with Crippen LogP contribution >= 0.6 is 0 Å². The monoisotopic (exact) mass is 463 g/mol. The molecule has 1 aromatic carbocycles. The average molecular weight is 464 g/mol. The van der Waals surface area contributed by atoms with Crippen molar-refractivity contribution in [2.24, 2.45) is 0 Å². The third-order valence-corrected chi connectivity index (χ3v) is 5.17. The molecule has 0 aliphatic heterocycles. The first-order valence-electron chi connectivity index (χ1n) is 10.9. The number of rotatable bonds is 8. The number of alkyl carbamates (subject to hydrolysis) is 1. The first-order valence-corrected chi connectivity index (χ1v) is 10.9. The molecule has 0 saturated heterocycles. The first kappa shape index (κ1) is 26.0. The van der Waals surface area contributed by atoms with E-state index in [-0.39, 0.29) is 18.3 Å². The molecule has 0 bridgehead atoms. The van der Waals surface area contributed by atoms with Gasteiger partial charge in [-0.05, 0) is 64.7 Å². The number of carbonyl (C=O) groups is 4. The minimum Gasteiger partial charge on any atom is -0.508 e. The lowest BCUT2D eigenvalue weighted by molar-refractivity contribution is -0.148. The quantitative estimate of drug-likeness (QED) is 0.502. The Morgan fingerprint density at radius 1 is 1.21 bits per heavy atom. The van der Waals surface area contributed by atoms with Gasteiger partial charge in [-0.15, -0.1) is 0 Å². The maximum absolute atomic E-state index is 13.5. The smallest absolute Gasteiger partial charge is 0.408 e. The van der Waals surface area contributed by atoms with Crippen molar-refractivity contribution in [3.63, 3.8) is 0 Å². The van der Waals surface area contributed by atoms with Crippen LogP contribution in [0.1, 0.15) is 58.6 Å². The van der Waals surface area contributed by atoms with Gasteiger partial charge in [0, 0.05) is 6.04 Å². The standard InChI is InChI=1S/C23H33N3O7/c1-14(25-22(31)33-23(2,3)4)21(30)26(16-9-7-10-16)19(15-8-6-11-17(27)12-15)20(29)24-13-18(28)32-5/h6,8,11-12,14,16,19,27H,7,9-10,13H2,1-5H3,(H,24,29)(H,25,31). The van der Waals surface area contributed by atoms with Crippen LogP contribution in [0.2, 0.25) is 0 Å². The van der Waals surface area contributed by atoms with Gasteiger partial charge >= 0.3 is 12.1 Å². The second-order valence-corrected chi connectivity index (χ2v) is 8.99. The van der Waals surface area contributed by atoms with E-state index in [0.29, 0.717) is 18.4 Å². The Morgan fingerprint density at radius 2 is 1.88 bits per heavy atom. The van der Waals surface area contributed by atoms with Gasteiger partial charge in [-0.25, -0.2) is 4.79 Å². The van der Waals surface area contributed by atoms with E-state index in [0.717, 1.165) is 6.42 Å². The van der Waals surface area contributed by atoms with E-state index in [1.807, 2.05) is 0 Å². The van der Waals surface area contributed by atoms with Gasteiger partial charge < -0.3 is 30.1 Å². The van der Waals surface area contributed by atoms with Crippen LogP contribution < -0.4 is 10.6 Å². The van der Waals surface area contributed by atoms with Gasteiger partial charge in [0.05, 0.1) is 7.11 Å². The molecular weight excluding hydrogens is 430 g/mol. The highest BCUT2D eigenvalue weighted by Gasteiger charge is 2.41. The fraction of sp³-hybridized carbons (Fsp3) is 0.565. The highest BCUT2D eigenvalue weighted by atomic mass is 16.6. The second kappa shape index (κ2) is 11.0. The zero-order chi connectivity index (χ0) is 24.8. The molecule has 2 rings (SSSR count). The molecule has 33 heavy (non-hydrogen) atoms. The summed E-state index contributed by atoms with van der Waals surface area (Å²) in [6, 6.07) is 3.69. The molecule has 0 aromatic heterocycles. The lowest BCUT2D eigenvalue weighted by Gasteiger charge is -2.43. The Bertz CT molecular complexity index is 877. The van der Waals surface area contributed by atoms with Crippen LogP contribution in [0.5, 0.6) is 5.75 Å². The summed E-state index contributed by atoms with van der Waals surface area (Å²) in [4.78, 5) is 51.9. The summed E-state index contributed by atoms with van der Waals surface area (Å²) in [6.45, 7) is 6.28. The molecule has 1 aliphatic carbocycles. The van der Waals surface area contributed by atoms with Crippen LogP contribution in [0.4, 0.5) is 4.79 Å². The number of amides is 3. The van der Waals surface area contributed by atoms with E-state index in [2.05, 4.69) is 15.4 Å². The molecule has 0 radical (unpaired) electrons. The van der Waals surface area contributed by atoms with Gasteiger partial charge in [0.1, 0.15) is 30.0 Å². The number of aromatic hydroxyl groups is 1. The Labute approximate surface area is 193 Å². The van der Waals surface area contributed by atoms with Crippen molar-refractivity contribution in [3.8, 4) is 5.75 Å². The Kier molecular flexibility index (Phi) is 8.67. The van der Waals surface area contributed by atoms with Crippen molar-refractivity contribution in [1.29, 1.82) is 0 Å². The predicted octanol–water partition coefficient (Wildman–Crippen LogP) is 2.02. The molecular formula is C23H33N3O7. The lowest BCUT2D eigenvalue weighted by atomic mass is 9.88. The summed E-state index contributed by atoms with van der Waals surface area (Å²) in [6.07, 6.45) is 1.51. The molecule has 2 atom stereocenters. The van der Waals surface area contributed by atoms with Gasteiger partial charge in [-0.3, -0.25) is 14.4 Å². The number of phenols is 1. The number of hydrogen-bond donors (Lipinski definition) is 3. The number of methoxy groups -OCH3 is 1. The number of carbonyl (C=O) groups excluding carboxylic acids is 4. The summed E-state index contributed by atoms with van der Waals surface area (Å²) in [5.74, 6) is -1.79. The van der Waals surface area contributed by atoms with Crippen LogP contribution in [-0.4, -0.2) is 65.2 Å². The van der Waals surface area contributed by atoms with Crippen molar-refractivity contribution in [2.75, 3.05) is 13.7 Å². The van der Waals surface area contributed by atoms with Gasteiger partial charge in [-0.2, -0.15) is 0 Å². The molecule has 0 heterocycles. The minimum atomic E-state index is -1.12. The van der Waals surface area contributed by atoms with Gasteiger partial charge in [-0.1, -0.05) is 12.1 Å². The number of nitrogens with zero attached hydrogens (tertiary/aromatic N) is 1. The fourth-order valence-corrected chi connectivity index (χ4v) is 3.41. The topological polar surface area (TPSA) is 134 Å². The molecule has 10 heteroatoms. The van der Waals surface area contributed by atoms with Crippen LogP contribution in [-0.2, 0) is 23.9 Å². The van der Waals surface area contributed by atoms with Crippen LogP contribution in [0.3, 0.4) is 0 Å². The third-order valence-electron chi connectivity index (χ3n) is 5.17. The van der Waals surface area contributed by atoms with Gasteiger partial charge in [0.15, 0.2) is 0 Å². The summed E-state index contributed by atoms with van der Waals surface area (Å²) in [7, 11) is 1.20. The third kappa shape index (κ3) is 7.37. The van der Waals surface area contributed by atoms with Crippen molar-refractivity contribution in [2.45, 2.75) is 70.7 Å². The lowest BCUT2D eigenvalue weighted by Crippen LogP contribution is -2.57. The Morgan fingerprint density at radius 3 is 2.39 bits per heavy atom. The number of benzene rings is 1. The molecule has 3 N–H and O–H groups in total. The van der Waals surface area contributed by atoms with E-state index in [4.69, 9.17) is 4.74 Å². The highest BCUT2D eigenvalue weighted by Crippen LogP contribution is 2.34. The van der Waals surface area contributed by atoms with E-state index in [9.17, 15) is 24.3 Å². The normalized spacial score (nSPS) is 15.4. The summed E-state index contributed by atoms with van der Waals surface area (Å²) >= 11 is 0. The van der Waals surface area contributed by atoms with E-state index < -0.39 is 41.6 Å². The summed E-state index contributed by atoms with van der Waals surface area (Å²) in [5.41, 5.74) is -0.361. The minimum absolute atomic E-state index is 0.0702. The van der Waals surface area contributed by atoms with Gasteiger partial charge in [0.25, 0.3) is 0 Å². The molecule has 2 unspecified atom stereocenters. The largest absolute Gasteiger partial charge is 0.508 e. The summed E-state index contributed by atoms with van der Waals surface area (Å²) < 4.78 is 9.82. The average Bonchev–Trinajstić information content (AvgIpc) is 2.68. The van der Waals surface area contributed by atoms with Crippen LogP contribution in [0.15, 0.2) is 24.3 Å². The molecule has 0 spiro atoms. The number of phenolic OH excluding ortho intramolecular Hbond substituents is 1. The Hall–Kier alpha value is -3.30. The zero-order valence-corrected chi connectivity index (χ0v) is 19.7. The van der Waals surface area contributed by atoms with Crippen molar-refractivity contribution in [3.05, 3.63) is 29.8 Å². The zero-order valence-electron chi connectivity index (χ0n) is 19.7. The maximum Gasteiger partial charge on any atom is 0.408 e. The van der Waals surface area contributed by atoms with Crippen LogP contribution in [0, 0.1) is 0 Å². The van der Waals surface area contributed by atoms with E-state index in [1.54, 1.807) is 32.9 Å². The Balaban J connectivity index is 2.35. The molecule has 1 aliphatic rings. The maximum atomic E-state index is 13.5. The van der Waals surface area contributed by atoms with Gasteiger partial charge in [0.2, 0.25) is 11.8 Å². The SMILES string of the molecule is COC(=O)CNC(=O)C(c1cccc(O)c1)N(C(=O)C(C)NC(=O)OC(C)(C)C)C1CCC1. The first-order chi connectivity index (χ1) is 15.4. The number of esters is 1. The van der Waals surface area contributed by atoms with Crippen molar-refractivity contribution < 1.29 is 33.8 Å². The number of nitrogens with one attached hydrogen (secondary N) is 2. The molecule has 10 nitrogen and oxygen atoms in total. The molecule has 1 fully saturated rings. The highest BCUT2D eigenvalue weighted by molar-refractivity contribution is 5.93.